The molecule has 2 aromatic heterocycles. The fourth-order valence-corrected chi connectivity index (χ4v) is 1.63. The Morgan fingerprint density at radius 2 is 2.39 bits per heavy atom. The van der Waals surface area contributed by atoms with Gasteiger partial charge in [0, 0.05) is 6.20 Å². The summed E-state index contributed by atoms with van der Waals surface area (Å²) < 4.78 is 0. The van der Waals surface area contributed by atoms with Crippen LogP contribution in [0.4, 0.5) is 11.4 Å². The third kappa shape index (κ3) is 2.28. The van der Waals surface area contributed by atoms with Crippen molar-refractivity contribution in [2.75, 3.05) is 11.1 Å². The second-order valence-electron chi connectivity index (χ2n) is 3.63. The number of aromatic amines is 1. The van der Waals surface area contributed by atoms with Crippen LogP contribution in [0.5, 0.6) is 0 Å². The van der Waals surface area contributed by atoms with Crippen LogP contribution in [0.15, 0.2) is 18.5 Å². The van der Waals surface area contributed by atoms with Crippen LogP contribution in [0, 0.1) is 0 Å². The molecular weight excluding hydrogens is 254 g/mol. The zero-order chi connectivity index (χ0) is 13.1. The highest BCUT2D eigenvalue weighted by Gasteiger charge is 2.17. The molecule has 0 saturated carbocycles. The lowest BCUT2D eigenvalue weighted by Crippen LogP contribution is -2.14. The lowest BCUT2D eigenvalue weighted by molar-refractivity contribution is 0.102. The van der Waals surface area contributed by atoms with Crippen LogP contribution >= 0.6 is 11.6 Å². The molecule has 0 bridgehead atoms. The lowest BCUT2D eigenvalue weighted by atomic mass is 10.2. The van der Waals surface area contributed by atoms with Crippen LogP contribution in [-0.4, -0.2) is 21.1 Å². The van der Waals surface area contributed by atoms with Crippen LogP contribution < -0.4 is 11.1 Å². The van der Waals surface area contributed by atoms with E-state index in [1.165, 1.54) is 12.4 Å². The summed E-state index contributed by atoms with van der Waals surface area (Å²) in [4.78, 5) is 15.8. The summed E-state index contributed by atoms with van der Waals surface area (Å²) in [6.07, 6.45) is 3.68. The largest absolute Gasteiger partial charge is 0.395 e. The van der Waals surface area contributed by atoms with Gasteiger partial charge < -0.3 is 11.1 Å². The number of H-pyrrole nitrogens is 1. The summed E-state index contributed by atoms with van der Waals surface area (Å²) in [7, 11) is 0. The molecule has 6 nitrogen and oxygen atoms in total. The molecule has 2 aromatic rings. The van der Waals surface area contributed by atoms with Gasteiger partial charge in [-0.1, -0.05) is 18.5 Å². The van der Waals surface area contributed by atoms with Crippen molar-refractivity contribution in [1.82, 2.24) is 15.2 Å². The van der Waals surface area contributed by atoms with Crippen molar-refractivity contribution in [3.63, 3.8) is 0 Å². The highest BCUT2D eigenvalue weighted by molar-refractivity contribution is 6.33. The van der Waals surface area contributed by atoms with E-state index in [1.807, 2.05) is 6.92 Å². The Kier molecular flexibility index (Phi) is 3.47. The van der Waals surface area contributed by atoms with E-state index in [4.69, 9.17) is 17.3 Å². The molecule has 0 fully saturated rings. The third-order valence-corrected chi connectivity index (χ3v) is 2.80. The number of rotatable bonds is 3. The number of hydrogen-bond donors (Lipinski definition) is 3. The number of halogens is 1. The molecule has 1 amide bonds. The number of aromatic nitrogens is 3. The van der Waals surface area contributed by atoms with Crippen molar-refractivity contribution < 1.29 is 4.79 Å². The number of amides is 1. The number of nitrogens with zero attached hydrogens (tertiary/aromatic N) is 2. The number of carbonyl (C=O) groups excluding carboxylic acids is 1. The minimum absolute atomic E-state index is 0.159. The lowest BCUT2D eigenvalue weighted by Gasteiger charge is -2.04. The fourth-order valence-electron chi connectivity index (χ4n) is 1.48. The van der Waals surface area contributed by atoms with Gasteiger partial charge >= 0.3 is 0 Å². The Labute approximate surface area is 109 Å². The van der Waals surface area contributed by atoms with E-state index < -0.39 is 5.91 Å². The molecule has 0 spiro atoms. The predicted molar refractivity (Wildman–Crippen MR) is 69.6 cm³/mol. The van der Waals surface area contributed by atoms with Crippen LogP contribution in [-0.2, 0) is 6.42 Å². The smallest absolute Gasteiger partial charge is 0.278 e. The molecule has 0 unspecified atom stereocenters. The number of nitrogen functional groups attached to an aromatic ring is 1. The molecular formula is C11H12ClN5O. The molecule has 0 aliphatic heterocycles. The number of aryl methyl sites for hydroxylation is 1. The molecule has 94 valence electrons. The zero-order valence-corrected chi connectivity index (χ0v) is 10.5. The maximum Gasteiger partial charge on any atom is 0.278 e. The van der Waals surface area contributed by atoms with Gasteiger partial charge in [0.05, 0.1) is 28.3 Å². The summed E-state index contributed by atoms with van der Waals surface area (Å²) in [6, 6.07) is 1.59. The van der Waals surface area contributed by atoms with Gasteiger partial charge in [-0.05, 0) is 12.5 Å². The molecule has 18 heavy (non-hydrogen) atoms. The Balaban J connectivity index is 2.22. The maximum absolute atomic E-state index is 12.0. The number of pyridine rings is 1. The predicted octanol–water partition coefficient (Wildman–Crippen LogP) is 1.85. The van der Waals surface area contributed by atoms with E-state index in [0.29, 0.717) is 22.8 Å². The molecule has 4 N–H and O–H groups in total. The molecule has 0 atom stereocenters. The summed E-state index contributed by atoms with van der Waals surface area (Å²) in [5.74, 6) is -0.418. The summed E-state index contributed by atoms with van der Waals surface area (Å²) >= 11 is 5.91. The van der Waals surface area contributed by atoms with Gasteiger partial charge in [0.2, 0.25) is 0 Å². The van der Waals surface area contributed by atoms with Crippen molar-refractivity contribution in [3.8, 4) is 0 Å². The highest BCUT2D eigenvalue weighted by Crippen LogP contribution is 2.21. The highest BCUT2D eigenvalue weighted by atomic mass is 35.5. The van der Waals surface area contributed by atoms with Crippen molar-refractivity contribution in [1.29, 1.82) is 0 Å². The average molecular weight is 266 g/mol. The molecule has 0 aromatic carbocycles. The van der Waals surface area contributed by atoms with E-state index in [9.17, 15) is 4.79 Å². The van der Waals surface area contributed by atoms with Crippen LogP contribution in [0.25, 0.3) is 0 Å². The van der Waals surface area contributed by atoms with Gasteiger partial charge in [0.15, 0.2) is 5.69 Å². The topological polar surface area (TPSA) is 96.7 Å². The first-order valence-corrected chi connectivity index (χ1v) is 5.74. The second-order valence-corrected chi connectivity index (χ2v) is 4.03. The normalized spacial score (nSPS) is 10.3. The van der Waals surface area contributed by atoms with Gasteiger partial charge in [-0.15, -0.1) is 0 Å². The average Bonchev–Trinajstić information content (AvgIpc) is 2.73. The summed E-state index contributed by atoms with van der Waals surface area (Å²) in [5.41, 5.74) is 7.47. The molecule has 0 radical (unpaired) electrons. The maximum atomic E-state index is 12.0. The van der Waals surface area contributed by atoms with Gasteiger partial charge in [-0.25, -0.2) is 0 Å². The van der Waals surface area contributed by atoms with E-state index in [-0.39, 0.29) is 5.69 Å². The van der Waals surface area contributed by atoms with E-state index in [2.05, 4.69) is 20.5 Å². The van der Waals surface area contributed by atoms with Crippen LogP contribution in [0.2, 0.25) is 5.02 Å². The van der Waals surface area contributed by atoms with Crippen molar-refractivity contribution in [2.24, 2.45) is 0 Å². The standard InChI is InChI=1S/C11H12ClN5O/c1-2-7-9(13)10(17-16-7)11(18)15-8-5-14-4-3-6(8)12/h3-5H,2,13H2,1H3,(H,15,18)(H,16,17). The molecule has 2 rings (SSSR count). The number of hydrogen-bond acceptors (Lipinski definition) is 4. The number of nitrogens with two attached hydrogens (primary N) is 1. The minimum atomic E-state index is -0.418. The first-order chi connectivity index (χ1) is 8.63. The Morgan fingerprint density at radius 1 is 1.61 bits per heavy atom. The monoisotopic (exact) mass is 265 g/mol. The van der Waals surface area contributed by atoms with E-state index in [1.54, 1.807) is 6.07 Å². The second kappa shape index (κ2) is 5.05. The number of nitrogens with one attached hydrogen (secondary N) is 2. The first kappa shape index (κ1) is 12.4. The Bertz CT molecular complexity index is 581. The van der Waals surface area contributed by atoms with Crippen molar-refractivity contribution >= 4 is 28.9 Å². The SMILES string of the molecule is CCc1[nH]nc(C(=O)Nc2cnccc2Cl)c1N. The molecule has 2 heterocycles. The van der Waals surface area contributed by atoms with Gasteiger partial charge in [-0.2, -0.15) is 5.10 Å². The van der Waals surface area contributed by atoms with Gasteiger partial charge in [0.1, 0.15) is 0 Å². The van der Waals surface area contributed by atoms with Crippen LogP contribution in [0.1, 0.15) is 23.1 Å². The van der Waals surface area contributed by atoms with Gasteiger partial charge in [-0.3, -0.25) is 14.9 Å². The minimum Gasteiger partial charge on any atom is -0.395 e. The molecule has 0 aliphatic carbocycles. The van der Waals surface area contributed by atoms with Crippen molar-refractivity contribution in [2.45, 2.75) is 13.3 Å². The number of anilines is 2. The summed E-state index contributed by atoms with van der Waals surface area (Å²) in [5, 5.41) is 9.62. The number of carbonyl (C=O) groups is 1. The molecule has 0 saturated heterocycles. The van der Waals surface area contributed by atoms with E-state index in [0.717, 1.165) is 5.69 Å². The van der Waals surface area contributed by atoms with Gasteiger partial charge in [0.25, 0.3) is 5.91 Å². The Hall–Kier alpha value is -2.08. The fraction of sp³-hybridized carbons (Fsp3) is 0.182. The Morgan fingerprint density at radius 3 is 3.00 bits per heavy atom. The molecule has 7 heteroatoms. The van der Waals surface area contributed by atoms with Crippen LogP contribution in [0.3, 0.4) is 0 Å². The van der Waals surface area contributed by atoms with E-state index >= 15 is 0 Å². The quantitative estimate of drug-likeness (QED) is 0.789. The third-order valence-electron chi connectivity index (χ3n) is 2.47. The zero-order valence-electron chi connectivity index (χ0n) is 9.70. The summed E-state index contributed by atoms with van der Waals surface area (Å²) in [6.45, 7) is 1.92. The van der Waals surface area contributed by atoms with Crippen molar-refractivity contribution in [3.05, 3.63) is 34.9 Å². The molecule has 0 aliphatic rings. The first-order valence-electron chi connectivity index (χ1n) is 5.37.